The van der Waals surface area contributed by atoms with Crippen LogP contribution in [-0.4, -0.2) is 9.97 Å². The minimum atomic E-state index is 0.0670. The molecule has 98 valence electrons. The molecular weight excluding hydrogens is 279 g/mol. The molecule has 4 heteroatoms. The molecule has 1 aliphatic rings. The molecule has 0 N–H and O–H groups in total. The molecule has 1 aromatic carbocycles. The number of aromatic nitrogens is 2. The predicted molar refractivity (Wildman–Crippen MR) is 78.8 cm³/mol. The fourth-order valence-corrected chi connectivity index (χ4v) is 2.76. The highest BCUT2D eigenvalue weighted by molar-refractivity contribution is 6.37. The van der Waals surface area contributed by atoms with Gasteiger partial charge in [-0.25, -0.2) is 9.97 Å². The van der Waals surface area contributed by atoms with Gasteiger partial charge in [-0.1, -0.05) is 54.4 Å². The van der Waals surface area contributed by atoms with Crippen molar-refractivity contribution >= 4 is 23.2 Å². The molecule has 0 saturated heterocycles. The predicted octanol–water partition coefficient (Wildman–Crippen LogP) is 4.81. The first-order valence-electron chi connectivity index (χ1n) is 6.31. The summed E-state index contributed by atoms with van der Waals surface area (Å²) in [6, 6.07) is 7.97. The molecule has 1 fully saturated rings. The summed E-state index contributed by atoms with van der Waals surface area (Å²) in [5.74, 6) is 0.764. The smallest absolute Gasteiger partial charge is 0.142 e. The summed E-state index contributed by atoms with van der Waals surface area (Å²) in [6.45, 7) is 4.17. The fraction of sp³-hybridized carbons (Fsp3) is 0.333. The summed E-state index contributed by atoms with van der Waals surface area (Å²) in [5.41, 5.74) is 2.90. The Morgan fingerprint density at radius 1 is 1.05 bits per heavy atom. The lowest BCUT2D eigenvalue weighted by molar-refractivity contribution is 0.709. The third kappa shape index (κ3) is 2.24. The van der Waals surface area contributed by atoms with Crippen LogP contribution in [0.25, 0.3) is 11.1 Å². The van der Waals surface area contributed by atoms with Crippen molar-refractivity contribution in [2.75, 3.05) is 0 Å². The normalized spacial score (nSPS) is 16.4. The molecule has 1 heterocycles. The monoisotopic (exact) mass is 292 g/mol. The van der Waals surface area contributed by atoms with Crippen molar-refractivity contribution in [2.45, 2.75) is 32.1 Å². The Kier molecular flexibility index (Phi) is 3.03. The Morgan fingerprint density at radius 3 is 2.16 bits per heavy atom. The number of hydrogen-bond acceptors (Lipinski definition) is 2. The molecule has 0 aliphatic heterocycles. The molecule has 1 aromatic heterocycles. The van der Waals surface area contributed by atoms with E-state index in [0.717, 1.165) is 35.4 Å². The van der Waals surface area contributed by atoms with Crippen LogP contribution in [0.1, 0.15) is 31.2 Å². The molecule has 0 bridgehead atoms. The molecule has 0 amide bonds. The maximum atomic E-state index is 6.34. The van der Waals surface area contributed by atoms with Crippen LogP contribution in [0.4, 0.5) is 0 Å². The quantitative estimate of drug-likeness (QED) is 0.742. The molecule has 1 saturated carbocycles. The molecule has 2 nitrogen and oxygen atoms in total. The number of benzene rings is 1. The van der Waals surface area contributed by atoms with Crippen molar-refractivity contribution in [1.82, 2.24) is 9.97 Å². The Morgan fingerprint density at radius 2 is 1.63 bits per heavy atom. The lowest BCUT2D eigenvalue weighted by Crippen LogP contribution is -2.08. The Balaban J connectivity index is 2.16. The minimum Gasteiger partial charge on any atom is -0.220 e. The van der Waals surface area contributed by atoms with Crippen LogP contribution < -0.4 is 0 Å². The minimum absolute atomic E-state index is 0.0670. The van der Waals surface area contributed by atoms with Crippen LogP contribution in [0.3, 0.4) is 0 Å². The van der Waals surface area contributed by atoms with Crippen LogP contribution in [-0.2, 0) is 5.41 Å². The molecule has 0 unspecified atom stereocenters. The van der Waals surface area contributed by atoms with Gasteiger partial charge in [-0.05, 0) is 30.9 Å². The highest BCUT2D eigenvalue weighted by atomic mass is 35.5. The SMILES string of the molecule is Cc1ccccc1-c1c(Cl)nc(C2(C)CC2)nc1Cl. The van der Waals surface area contributed by atoms with E-state index in [-0.39, 0.29) is 5.41 Å². The average molecular weight is 293 g/mol. The van der Waals surface area contributed by atoms with Gasteiger partial charge in [-0.15, -0.1) is 0 Å². The lowest BCUT2D eigenvalue weighted by Gasteiger charge is -2.13. The van der Waals surface area contributed by atoms with Gasteiger partial charge in [-0.3, -0.25) is 0 Å². The number of nitrogens with zero attached hydrogens (tertiary/aromatic N) is 2. The van der Waals surface area contributed by atoms with E-state index in [1.54, 1.807) is 0 Å². The van der Waals surface area contributed by atoms with Crippen LogP contribution in [0.15, 0.2) is 24.3 Å². The summed E-state index contributed by atoms with van der Waals surface area (Å²) in [6.07, 6.45) is 2.20. The Bertz CT molecular complexity index is 625. The topological polar surface area (TPSA) is 25.8 Å². The first-order chi connectivity index (χ1) is 9.01. The van der Waals surface area contributed by atoms with Gasteiger partial charge >= 0.3 is 0 Å². The third-order valence-electron chi connectivity index (χ3n) is 3.77. The van der Waals surface area contributed by atoms with E-state index in [2.05, 4.69) is 16.9 Å². The lowest BCUT2D eigenvalue weighted by atomic mass is 10.0. The molecule has 1 aliphatic carbocycles. The average Bonchev–Trinajstić information content (AvgIpc) is 3.10. The van der Waals surface area contributed by atoms with E-state index >= 15 is 0 Å². The van der Waals surface area contributed by atoms with Crippen LogP contribution >= 0.6 is 23.2 Å². The summed E-state index contributed by atoms with van der Waals surface area (Å²) in [5, 5.41) is 0.884. The van der Waals surface area contributed by atoms with Crippen LogP contribution in [0, 0.1) is 6.92 Å². The van der Waals surface area contributed by atoms with Crippen LogP contribution in [0.5, 0.6) is 0 Å². The Labute approximate surface area is 122 Å². The van der Waals surface area contributed by atoms with E-state index in [4.69, 9.17) is 23.2 Å². The molecule has 2 aromatic rings. The van der Waals surface area contributed by atoms with Crippen LogP contribution in [0.2, 0.25) is 10.3 Å². The molecule has 3 rings (SSSR count). The zero-order valence-corrected chi connectivity index (χ0v) is 12.4. The largest absolute Gasteiger partial charge is 0.220 e. The maximum absolute atomic E-state index is 6.34. The standard InChI is InChI=1S/C15H14Cl2N2/c1-9-5-3-4-6-10(9)11-12(16)18-14(19-13(11)17)15(2)7-8-15/h3-6H,7-8H2,1-2H3. The number of halogens is 2. The second kappa shape index (κ2) is 4.46. The van der Waals surface area contributed by atoms with Gasteiger partial charge in [0.25, 0.3) is 0 Å². The second-order valence-corrected chi connectivity index (χ2v) is 6.10. The molecular formula is C15H14Cl2N2. The van der Waals surface area contributed by atoms with Crippen molar-refractivity contribution < 1.29 is 0 Å². The van der Waals surface area contributed by atoms with Gasteiger partial charge in [-0.2, -0.15) is 0 Å². The van der Waals surface area contributed by atoms with E-state index in [0.29, 0.717) is 10.3 Å². The molecule has 0 radical (unpaired) electrons. The first kappa shape index (κ1) is 12.9. The third-order valence-corrected chi connectivity index (χ3v) is 4.32. The number of rotatable bonds is 2. The van der Waals surface area contributed by atoms with E-state index in [1.807, 2.05) is 31.2 Å². The van der Waals surface area contributed by atoms with Gasteiger partial charge in [0, 0.05) is 5.41 Å². The van der Waals surface area contributed by atoms with Crippen molar-refractivity contribution in [3.63, 3.8) is 0 Å². The summed E-state index contributed by atoms with van der Waals surface area (Å²) in [4.78, 5) is 8.91. The molecule has 0 spiro atoms. The van der Waals surface area contributed by atoms with Crippen molar-refractivity contribution in [1.29, 1.82) is 0 Å². The second-order valence-electron chi connectivity index (χ2n) is 5.38. The van der Waals surface area contributed by atoms with Crippen molar-refractivity contribution in [3.8, 4) is 11.1 Å². The van der Waals surface area contributed by atoms with Crippen molar-refractivity contribution in [2.24, 2.45) is 0 Å². The first-order valence-corrected chi connectivity index (χ1v) is 7.06. The number of hydrogen-bond donors (Lipinski definition) is 0. The summed E-state index contributed by atoms with van der Waals surface area (Å²) < 4.78 is 0. The maximum Gasteiger partial charge on any atom is 0.142 e. The van der Waals surface area contributed by atoms with Crippen molar-refractivity contribution in [3.05, 3.63) is 46.0 Å². The van der Waals surface area contributed by atoms with Gasteiger partial charge in [0.2, 0.25) is 0 Å². The zero-order chi connectivity index (χ0) is 13.6. The highest BCUT2D eigenvalue weighted by Crippen LogP contribution is 2.47. The van der Waals surface area contributed by atoms with Gasteiger partial charge in [0.1, 0.15) is 16.1 Å². The summed E-state index contributed by atoms with van der Waals surface area (Å²) >= 11 is 12.7. The summed E-state index contributed by atoms with van der Waals surface area (Å²) in [7, 11) is 0. The van der Waals surface area contributed by atoms with Gasteiger partial charge in [0.05, 0.1) is 5.56 Å². The van der Waals surface area contributed by atoms with E-state index in [9.17, 15) is 0 Å². The molecule has 19 heavy (non-hydrogen) atoms. The zero-order valence-electron chi connectivity index (χ0n) is 10.9. The molecule has 0 atom stereocenters. The Hall–Kier alpha value is -1.12. The van der Waals surface area contributed by atoms with Gasteiger partial charge in [0.15, 0.2) is 0 Å². The highest BCUT2D eigenvalue weighted by Gasteiger charge is 2.42. The fourth-order valence-electron chi connectivity index (χ4n) is 2.16. The number of aryl methyl sites for hydroxylation is 1. The van der Waals surface area contributed by atoms with E-state index in [1.165, 1.54) is 0 Å². The van der Waals surface area contributed by atoms with Gasteiger partial charge < -0.3 is 0 Å². The van der Waals surface area contributed by atoms with E-state index < -0.39 is 0 Å².